The lowest BCUT2D eigenvalue weighted by molar-refractivity contribution is -0.142. The number of nitrogens with one attached hydrogen (secondary N) is 1. The Hall–Kier alpha value is -0.570. The van der Waals surface area contributed by atoms with Crippen molar-refractivity contribution >= 4 is 5.97 Å². The second-order valence-electron chi connectivity index (χ2n) is 2.19. The Morgan fingerprint density at radius 3 is 2.67 bits per heavy atom. The summed E-state index contributed by atoms with van der Waals surface area (Å²) in [4.78, 5) is 10.7. The highest BCUT2D eigenvalue weighted by Crippen LogP contribution is 2.10. The lowest BCUT2D eigenvalue weighted by Gasteiger charge is -1.95. The summed E-state index contributed by atoms with van der Waals surface area (Å²) in [6.45, 7) is 4.25. The molecule has 0 aliphatic carbocycles. The Kier molecular flexibility index (Phi) is 1.71. The molecular weight excluding hydrogens is 118 g/mol. The molecule has 1 fully saturated rings. The fourth-order valence-electron chi connectivity index (χ4n) is 0.732. The van der Waals surface area contributed by atoms with E-state index in [1.54, 1.807) is 0 Å². The lowest BCUT2D eigenvalue weighted by atomic mass is 10.3. The Bertz CT molecular complexity index is 124. The van der Waals surface area contributed by atoms with Crippen LogP contribution in [0.25, 0.3) is 0 Å². The summed E-state index contributed by atoms with van der Waals surface area (Å²) in [6, 6.07) is 0.300. The molecule has 0 aromatic rings. The van der Waals surface area contributed by atoms with Gasteiger partial charge in [0.05, 0.1) is 6.61 Å². The van der Waals surface area contributed by atoms with E-state index >= 15 is 0 Å². The van der Waals surface area contributed by atoms with E-state index in [9.17, 15) is 4.79 Å². The van der Waals surface area contributed by atoms with E-state index in [1.807, 2.05) is 13.8 Å². The Morgan fingerprint density at radius 1 is 1.78 bits per heavy atom. The number of ether oxygens (including phenoxy) is 1. The summed E-state index contributed by atoms with van der Waals surface area (Å²) in [6.07, 6.45) is 0. The minimum absolute atomic E-state index is 0.0232. The molecule has 0 unspecified atom stereocenters. The van der Waals surface area contributed by atoms with Gasteiger partial charge in [0.25, 0.3) is 0 Å². The van der Waals surface area contributed by atoms with Crippen LogP contribution in [0.1, 0.15) is 13.8 Å². The molecule has 1 rings (SSSR count). The van der Waals surface area contributed by atoms with Gasteiger partial charge in [-0.15, -0.1) is 0 Å². The zero-order valence-corrected chi connectivity index (χ0v) is 5.68. The average Bonchev–Trinajstić information content (AvgIpc) is 2.47. The summed E-state index contributed by atoms with van der Waals surface area (Å²) in [5, 5.41) is 2.94. The largest absolute Gasteiger partial charge is 0.465 e. The van der Waals surface area contributed by atoms with E-state index in [4.69, 9.17) is 4.74 Å². The van der Waals surface area contributed by atoms with E-state index < -0.39 is 0 Å². The third-order valence-electron chi connectivity index (χ3n) is 1.37. The average molecular weight is 129 g/mol. The molecule has 1 saturated heterocycles. The van der Waals surface area contributed by atoms with Crippen LogP contribution in [0.2, 0.25) is 0 Å². The van der Waals surface area contributed by atoms with Crippen molar-refractivity contribution in [3.05, 3.63) is 0 Å². The van der Waals surface area contributed by atoms with Crippen molar-refractivity contribution in [2.24, 2.45) is 0 Å². The minimum atomic E-state index is -0.120. The fourth-order valence-corrected chi connectivity index (χ4v) is 0.732. The van der Waals surface area contributed by atoms with Gasteiger partial charge in [-0.05, 0) is 13.8 Å². The number of carbonyl (C=O) groups excluding carboxylic acids is 1. The molecule has 9 heavy (non-hydrogen) atoms. The maximum Gasteiger partial charge on any atom is 0.324 e. The van der Waals surface area contributed by atoms with Crippen molar-refractivity contribution in [1.29, 1.82) is 0 Å². The first-order valence-corrected chi connectivity index (χ1v) is 3.18. The van der Waals surface area contributed by atoms with E-state index in [-0.39, 0.29) is 12.0 Å². The monoisotopic (exact) mass is 129 g/mol. The molecule has 1 aliphatic rings. The van der Waals surface area contributed by atoms with Crippen LogP contribution in [0.15, 0.2) is 0 Å². The van der Waals surface area contributed by atoms with E-state index in [1.165, 1.54) is 0 Å². The highest BCUT2D eigenvalue weighted by atomic mass is 16.5. The minimum Gasteiger partial charge on any atom is -0.465 e. The summed E-state index contributed by atoms with van der Waals surface area (Å²) in [5.41, 5.74) is 0. The van der Waals surface area contributed by atoms with Crippen LogP contribution in [0.3, 0.4) is 0 Å². The number of esters is 1. The molecule has 3 nitrogen and oxygen atoms in total. The predicted octanol–water partition coefficient (Wildman–Crippen LogP) is -0.0902. The molecule has 0 aromatic carbocycles. The molecule has 1 heterocycles. The van der Waals surface area contributed by atoms with Gasteiger partial charge in [-0.1, -0.05) is 0 Å². The molecule has 3 heteroatoms. The molecule has 1 aliphatic heterocycles. The first-order chi connectivity index (χ1) is 4.25. The number of hydrogen-bond acceptors (Lipinski definition) is 3. The van der Waals surface area contributed by atoms with Crippen LogP contribution < -0.4 is 5.32 Å². The molecule has 0 radical (unpaired) electrons. The SMILES string of the molecule is CCOC(=O)[C@@H]1N[C@@H]1C. The van der Waals surface area contributed by atoms with Gasteiger partial charge in [-0.25, -0.2) is 0 Å². The first-order valence-electron chi connectivity index (χ1n) is 3.18. The second-order valence-corrected chi connectivity index (χ2v) is 2.19. The van der Waals surface area contributed by atoms with Crippen molar-refractivity contribution in [3.63, 3.8) is 0 Å². The number of hydrogen-bond donors (Lipinski definition) is 1. The molecular formula is C6H11NO2. The van der Waals surface area contributed by atoms with Crippen LogP contribution >= 0.6 is 0 Å². The molecule has 52 valence electrons. The zero-order chi connectivity index (χ0) is 6.85. The second kappa shape index (κ2) is 2.35. The van der Waals surface area contributed by atoms with Crippen LogP contribution in [0, 0.1) is 0 Å². The van der Waals surface area contributed by atoms with Gasteiger partial charge >= 0.3 is 5.97 Å². The standard InChI is InChI=1S/C6H11NO2/c1-3-9-6(8)5-4(2)7-5/h4-5,7H,3H2,1-2H3/t4-,5-/m1/s1. The molecule has 1 N–H and O–H groups in total. The maximum absolute atomic E-state index is 10.7. The molecule has 0 spiro atoms. The van der Waals surface area contributed by atoms with Crippen LogP contribution in [0.5, 0.6) is 0 Å². The summed E-state index contributed by atoms with van der Waals surface area (Å²) in [7, 11) is 0. The molecule has 0 saturated carbocycles. The third-order valence-corrected chi connectivity index (χ3v) is 1.37. The van der Waals surface area contributed by atoms with Crippen LogP contribution in [0.4, 0.5) is 0 Å². The fraction of sp³-hybridized carbons (Fsp3) is 0.833. The van der Waals surface area contributed by atoms with Crippen LogP contribution in [-0.4, -0.2) is 24.7 Å². The topological polar surface area (TPSA) is 48.2 Å². The van der Waals surface area contributed by atoms with E-state index in [2.05, 4.69) is 5.32 Å². The smallest absolute Gasteiger partial charge is 0.324 e. The summed E-state index contributed by atoms with van der Waals surface area (Å²) in [5.74, 6) is -0.120. The first kappa shape index (κ1) is 6.55. The van der Waals surface area contributed by atoms with Gasteiger partial charge in [0.15, 0.2) is 0 Å². The number of rotatable bonds is 2. The predicted molar refractivity (Wildman–Crippen MR) is 33.0 cm³/mol. The van der Waals surface area contributed by atoms with Crippen molar-refractivity contribution < 1.29 is 9.53 Å². The van der Waals surface area contributed by atoms with Crippen LogP contribution in [-0.2, 0) is 9.53 Å². The van der Waals surface area contributed by atoms with Crippen molar-refractivity contribution in [3.8, 4) is 0 Å². The zero-order valence-electron chi connectivity index (χ0n) is 5.68. The highest BCUT2D eigenvalue weighted by molar-refractivity contribution is 5.79. The Balaban J connectivity index is 2.20. The lowest BCUT2D eigenvalue weighted by Crippen LogP contribution is -2.14. The van der Waals surface area contributed by atoms with E-state index in [0.29, 0.717) is 12.6 Å². The highest BCUT2D eigenvalue weighted by Gasteiger charge is 2.39. The van der Waals surface area contributed by atoms with Gasteiger partial charge in [-0.3, -0.25) is 10.1 Å². The molecule has 0 amide bonds. The van der Waals surface area contributed by atoms with Gasteiger partial charge < -0.3 is 4.74 Å². The summed E-state index contributed by atoms with van der Waals surface area (Å²) < 4.78 is 4.73. The van der Waals surface area contributed by atoms with E-state index in [0.717, 1.165) is 0 Å². The van der Waals surface area contributed by atoms with Crippen molar-refractivity contribution in [1.82, 2.24) is 5.32 Å². The van der Waals surface area contributed by atoms with Gasteiger partial charge in [0.1, 0.15) is 6.04 Å². The molecule has 0 aromatic heterocycles. The van der Waals surface area contributed by atoms with Gasteiger partial charge in [-0.2, -0.15) is 0 Å². The molecule has 0 bridgehead atoms. The van der Waals surface area contributed by atoms with Crippen molar-refractivity contribution in [2.45, 2.75) is 25.9 Å². The normalized spacial score (nSPS) is 31.8. The Morgan fingerprint density at radius 2 is 2.33 bits per heavy atom. The van der Waals surface area contributed by atoms with Gasteiger partial charge in [0.2, 0.25) is 0 Å². The van der Waals surface area contributed by atoms with Gasteiger partial charge in [0, 0.05) is 6.04 Å². The summed E-state index contributed by atoms with van der Waals surface area (Å²) >= 11 is 0. The van der Waals surface area contributed by atoms with Crippen molar-refractivity contribution in [2.75, 3.05) is 6.61 Å². The number of carbonyl (C=O) groups is 1. The maximum atomic E-state index is 10.7. The third kappa shape index (κ3) is 1.42. The quantitative estimate of drug-likeness (QED) is 0.418. The Labute approximate surface area is 54.4 Å². The molecule has 2 atom stereocenters.